The highest BCUT2D eigenvalue weighted by molar-refractivity contribution is 7.99. The van der Waals surface area contributed by atoms with Gasteiger partial charge in [0.15, 0.2) is 11.0 Å². The predicted octanol–water partition coefficient (Wildman–Crippen LogP) is 5.14. The van der Waals surface area contributed by atoms with Crippen molar-refractivity contribution >= 4 is 46.3 Å². The standard InChI is InChI=1S/C24H23N5O2S2/c1-15-6-4-7-17(12-15)23(31)25-18-9-10-19(16(2)13-18)26-21(30)14-33-24-28-27-22(29(24)3)20-8-5-11-32-20/h4-13H,14H2,1-3H3,(H,25,31)(H,26,30). The fourth-order valence-corrected chi connectivity index (χ4v) is 4.70. The highest BCUT2D eigenvalue weighted by Gasteiger charge is 2.14. The molecule has 0 aliphatic heterocycles. The molecule has 0 aliphatic rings. The number of rotatable bonds is 7. The SMILES string of the molecule is Cc1cccc(C(=O)Nc2ccc(NC(=O)CSc3nnc(-c4cccs4)n3C)c(C)c2)c1. The summed E-state index contributed by atoms with van der Waals surface area (Å²) in [7, 11) is 1.89. The molecule has 168 valence electrons. The number of anilines is 2. The highest BCUT2D eigenvalue weighted by Crippen LogP contribution is 2.26. The summed E-state index contributed by atoms with van der Waals surface area (Å²) < 4.78 is 1.89. The van der Waals surface area contributed by atoms with Crippen molar-refractivity contribution in [2.75, 3.05) is 16.4 Å². The van der Waals surface area contributed by atoms with Crippen molar-refractivity contribution in [2.45, 2.75) is 19.0 Å². The monoisotopic (exact) mass is 477 g/mol. The van der Waals surface area contributed by atoms with Crippen molar-refractivity contribution in [3.8, 4) is 10.7 Å². The summed E-state index contributed by atoms with van der Waals surface area (Å²) in [5.41, 5.74) is 3.86. The summed E-state index contributed by atoms with van der Waals surface area (Å²) in [6.45, 7) is 3.84. The van der Waals surface area contributed by atoms with Gasteiger partial charge in [-0.25, -0.2) is 0 Å². The van der Waals surface area contributed by atoms with Crippen LogP contribution in [0, 0.1) is 13.8 Å². The molecule has 2 aromatic heterocycles. The van der Waals surface area contributed by atoms with E-state index in [0.29, 0.717) is 22.1 Å². The molecule has 9 heteroatoms. The fourth-order valence-electron chi connectivity index (χ4n) is 3.25. The van der Waals surface area contributed by atoms with E-state index in [-0.39, 0.29) is 17.6 Å². The largest absolute Gasteiger partial charge is 0.325 e. The molecular formula is C24H23N5O2S2. The Hall–Kier alpha value is -3.43. The quantitative estimate of drug-likeness (QED) is 0.360. The Balaban J connectivity index is 1.34. The first kappa shape index (κ1) is 22.8. The zero-order chi connectivity index (χ0) is 23.4. The van der Waals surface area contributed by atoms with E-state index in [9.17, 15) is 9.59 Å². The van der Waals surface area contributed by atoms with E-state index in [2.05, 4.69) is 20.8 Å². The van der Waals surface area contributed by atoms with Crippen LogP contribution in [0.4, 0.5) is 11.4 Å². The Morgan fingerprint density at radius 1 is 1.03 bits per heavy atom. The van der Waals surface area contributed by atoms with E-state index in [4.69, 9.17) is 0 Å². The summed E-state index contributed by atoms with van der Waals surface area (Å²) in [6, 6.07) is 16.8. The van der Waals surface area contributed by atoms with Gasteiger partial charge in [0.2, 0.25) is 5.91 Å². The van der Waals surface area contributed by atoms with Gasteiger partial charge in [0.05, 0.1) is 10.6 Å². The van der Waals surface area contributed by atoms with Crippen molar-refractivity contribution in [1.82, 2.24) is 14.8 Å². The highest BCUT2D eigenvalue weighted by atomic mass is 32.2. The lowest BCUT2D eigenvalue weighted by atomic mass is 10.1. The van der Waals surface area contributed by atoms with Crippen molar-refractivity contribution in [2.24, 2.45) is 7.05 Å². The van der Waals surface area contributed by atoms with Crippen LogP contribution >= 0.6 is 23.1 Å². The summed E-state index contributed by atoms with van der Waals surface area (Å²) >= 11 is 2.93. The van der Waals surface area contributed by atoms with Crippen LogP contribution in [0.2, 0.25) is 0 Å². The van der Waals surface area contributed by atoms with Crippen molar-refractivity contribution in [3.63, 3.8) is 0 Å². The van der Waals surface area contributed by atoms with Crippen molar-refractivity contribution in [1.29, 1.82) is 0 Å². The van der Waals surface area contributed by atoms with Gasteiger partial charge in [-0.1, -0.05) is 35.5 Å². The number of thioether (sulfide) groups is 1. The Morgan fingerprint density at radius 3 is 2.61 bits per heavy atom. The van der Waals surface area contributed by atoms with Crippen LogP contribution in [0.3, 0.4) is 0 Å². The van der Waals surface area contributed by atoms with E-state index >= 15 is 0 Å². The van der Waals surface area contributed by atoms with Gasteiger partial charge in [-0.15, -0.1) is 21.5 Å². The van der Waals surface area contributed by atoms with Gasteiger partial charge < -0.3 is 15.2 Å². The second-order valence-electron chi connectivity index (χ2n) is 7.53. The molecule has 4 rings (SSSR count). The van der Waals surface area contributed by atoms with Gasteiger partial charge in [0, 0.05) is 24.0 Å². The first-order valence-electron chi connectivity index (χ1n) is 10.3. The third-order valence-corrected chi connectivity index (χ3v) is 6.83. The van der Waals surface area contributed by atoms with Crippen LogP contribution in [0.5, 0.6) is 0 Å². The van der Waals surface area contributed by atoms with Gasteiger partial charge in [-0.3, -0.25) is 9.59 Å². The summed E-state index contributed by atoms with van der Waals surface area (Å²) in [4.78, 5) is 26.0. The summed E-state index contributed by atoms with van der Waals surface area (Å²) in [5, 5.41) is 16.9. The lowest BCUT2D eigenvalue weighted by Gasteiger charge is -2.11. The molecule has 33 heavy (non-hydrogen) atoms. The summed E-state index contributed by atoms with van der Waals surface area (Å²) in [5.74, 6) is 0.686. The molecular weight excluding hydrogens is 454 g/mol. The van der Waals surface area contributed by atoms with Crippen LogP contribution < -0.4 is 10.6 Å². The van der Waals surface area contributed by atoms with Crippen LogP contribution in [0.25, 0.3) is 10.7 Å². The van der Waals surface area contributed by atoms with Crippen LogP contribution in [-0.2, 0) is 11.8 Å². The third kappa shape index (κ3) is 5.50. The van der Waals surface area contributed by atoms with Gasteiger partial charge in [0.25, 0.3) is 5.91 Å². The van der Waals surface area contributed by atoms with Crippen LogP contribution in [-0.4, -0.2) is 32.3 Å². The Bertz CT molecular complexity index is 1300. The smallest absolute Gasteiger partial charge is 0.255 e. The molecule has 0 aliphatic carbocycles. The molecule has 0 atom stereocenters. The average Bonchev–Trinajstić information content (AvgIpc) is 3.44. The van der Waals surface area contributed by atoms with Crippen molar-refractivity contribution in [3.05, 3.63) is 76.7 Å². The average molecular weight is 478 g/mol. The number of nitrogens with one attached hydrogen (secondary N) is 2. The number of nitrogens with zero attached hydrogens (tertiary/aromatic N) is 3. The second-order valence-corrected chi connectivity index (χ2v) is 9.42. The number of carbonyl (C=O) groups is 2. The minimum Gasteiger partial charge on any atom is -0.325 e. The summed E-state index contributed by atoms with van der Waals surface area (Å²) in [6.07, 6.45) is 0. The third-order valence-electron chi connectivity index (χ3n) is 4.95. The number of carbonyl (C=O) groups excluding carboxylic acids is 2. The minimum atomic E-state index is -0.170. The number of hydrogen-bond acceptors (Lipinski definition) is 6. The number of benzene rings is 2. The molecule has 2 aromatic carbocycles. The van der Waals surface area contributed by atoms with Crippen molar-refractivity contribution < 1.29 is 9.59 Å². The molecule has 2 N–H and O–H groups in total. The maximum absolute atomic E-state index is 12.5. The zero-order valence-electron chi connectivity index (χ0n) is 18.5. The normalized spacial score (nSPS) is 10.8. The molecule has 0 unspecified atom stereocenters. The number of aryl methyl sites for hydroxylation is 2. The first-order chi connectivity index (χ1) is 15.9. The minimum absolute atomic E-state index is 0.139. The fraction of sp³-hybridized carbons (Fsp3) is 0.167. The number of thiophene rings is 1. The van der Waals surface area contributed by atoms with Gasteiger partial charge in [-0.05, 0) is 61.2 Å². The predicted molar refractivity (Wildman–Crippen MR) is 134 cm³/mol. The Kier molecular flexibility index (Phi) is 6.90. The Morgan fingerprint density at radius 2 is 1.88 bits per heavy atom. The van der Waals surface area contributed by atoms with E-state index in [1.54, 1.807) is 29.5 Å². The Labute approximate surface area is 200 Å². The molecule has 0 fully saturated rings. The van der Waals surface area contributed by atoms with E-state index < -0.39 is 0 Å². The zero-order valence-corrected chi connectivity index (χ0v) is 20.1. The topological polar surface area (TPSA) is 88.9 Å². The maximum atomic E-state index is 12.5. The van der Waals surface area contributed by atoms with Gasteiger partial charge in [0.1, 0.15) is 0 Å². The van der Waals surface area contributed by atoms with Gasteiger partial charge in [-0.2, -0.15) is 0 Å². The van der Waals surface area contributed by atoms with E-state index in [1.165, 1.54) is 11.8 Å². The van der Waals surface area contributed by atoms with Gasteiger partial charge >= 0.3 is 0 Å². The molecule has 0 radical (unpaired) electrons. The molecule has 2 amide bonds. The lowest BCUT2D eigenvalue weighted by molar-refractivity contribution is -0.113. The number of hydrogen-bond donors (Lipinski definition) is 2. The second kappa shape index (κ2) is 10.0. The van der Waals surface area contributed by atoms with E-state index in [0.717, 1.165) is 21.8 Å². The molecule has 7 nitrogen and oxygen atoms in total. The number of aromatic nitrogens is 3. The first-order valence-corrected chi connectivity index (χ1v) is 12.1. The maximum Gasteiger partial charge on any atom is 0.255 e. The lowest BCUT2D eigenvalue weighted by Crippen LogP contribution is -2.16. The van der Waals surface area contributed by atoms with Crippen LogP contribution in [0.1, 0.15) is 21.5 Å². The van der Waals surface area contributed by atoms with E-state index in [1.807, 2.05) is 67.2 Å². The number of amides is 2. The molecule has 0 spiro atoms. The molecule has 0 saturated heterocycles. The molecule has 0 saturated carbocycles. The molecule has 0 bridgehead atoms. The van der Waals surface area contributed by atoms with Crippen LogP contribution in [0.15, 0.2) is 65.1 Å². The molecule has 2 heterocycles. The molecule has 4 aromatic rings.